The van der Waals surface area contributed by atoms with Gasteiger partial charge in [0.1, 0.15) is 24.2 Å². The monoisotopic (exact) mass is 440 g/mol. The first-order valence-corrected chi connectivity index (χ1v) is 10.7. The molecule has 0 aliphatic rings. The van der Waals surface area contributed by atoms with Gasteiger partial charge >= 0.3 is 5.97 Å². The molecule has 6 heteroatoms. The highest BCUT2D eigenvalue weighted by molar-refractivity contribution is 5.90. The third kappa shape index (κ3) is 5.36. The highest BCUT2D eigenvalue weighted by atomic mass is 16.5. The first kappa shape index (κ1) is 22.0. The standard InChI is InChI=1S/C27H24N2O4/c1-2-32-27(31)25-24(17-20-9-5-3-6-10-20)28-19-29(26(25)30)22-13-15-23(16-14-22)33-18-21-11-7-4-8-12-21/h3-16,19H,2,17-18H2,1H3. The van der Waals surface area contributed by atoms with Crippen LogP contribution in [-0.4, -0.2) is 22.1 Å². The predicted octanol–water partition coefficient (Wildman–Crippen LogP) is 4.58. The molecule has 4 aromatic rings. The van der Waals surface area contributed by atoms with Crippen LogP contribution < -0.4 is 10.3 Å². The lowest BCUT2D eigenvalue weighted by Gasteiger charge is -2.12. The van der Waals surface area contributed by atoms with Gasteiger partial charge in [0, 0.05) is 6.42 Å². The van der Waals surface area contributed by atoms with Gasteiger partial charge in [-0.15, -0.1) is 0 Å². The molecular weight excluding hydrogens is 416 g/mol. The molecule has 0 radical (unpaired) electrons. The van der Waals surface area contributed by atoms with E-state index >= 15 is 0 Å². The van der Waals surface area contributed by atoms with E-state index in [1.165, 1.54) is 10.9 Å². The Hall–Kier alpha value is -4.19. The molecule has 3 aromatic carbocycles. The van der Waals surface area contributed by atoms with Gasteiger partial charge in [0.2, 0.25) is 0 Å². The van der Waals surface area contributed by atoms with Crippen LogP contribution in [0.15, 0.2) is 96.1 Å². The highest BCUT2D eigenvalue weighted by Crippen LogP contribution is 2.17. The number of hydrogen-bond donors (Lipinski definition) is 0. The quantitative estimate of drug-likeness (QED) is 0.375. The zero-order chi connectivity index (χ0) is 23.0. The Morgan fingerprint density at radius 1 is 0.879 bits per heavy atom. The van der Waals surface area contributed by atoms with Crippen LogP contribution in [0, 0.1) is 0 Å². The third-order valence-corrected chi connectivity index (χ3v) is 5.11. The summed E-state index contributed by atoms with van der Waals surface area (Å²) >= 11 is 0. The smallest absolute Gasteiger partial charge is 0.345 e. The van der Waals surface area contributed by atoms with Gasteiger partial charge in [-0.25, -0.2) is 9.78 Å². The predicted molar refractivity (Wildman–Crippen MR) is 126 cm³/mol. The Morgan fingerprint density at radius 2 is 1.52 bits per heavy atom. The molecule has 0 saturated carbocycles. The topological polar surface area (TPSA) is 70.4 Å². The largest absolute Gasteiger partial charge is 0.489 e. The normalized spacial score (nSPS) is 10.6. The number of carbonyl (C=O) groups is 1. The summed E-state index contributed by atoms with van der Waals surface area (Å²) in [6.45, 7) is 2.33. The van der Waals surface area contributed by atoms with E-state index in [2.05, 4.69) is 4.98 Å². The maximum Gasteiger partial charge on any atom is 0.345 e. The number of benzene rings is 3. The number of nitrogens with zero attached hydrogens (tertiary/aromatic N) is 2. The molecule has 0 spiro atoms. The van der Waals surface area contributed by atoms with Crippen LogP contribution in [0.4, 0.5) is 0 Å². The molecule has 0 amide bonds. The molecule has 6 nitrogen and oxygen atoms in total. The van der Waals surface area contributed by atoms with Gasteiger partial charge in [-0.05, 0) is 42.3 Å². The van der Waals surface area contributed by atoms with Crippen LogP contribution in [0.2, 0.25) is 0 Å². The van der Waals surface area contributed by atoms with Crippen LogP contribution in [0.1, 0.15) is 34.1 Å². The van der Waals surface area contributed by atoms with E-state index in [1.54, 1.807) is 31.2 Å². The molecule has 0 N–H and O–H groups in total. The van der Waals surface area contributed by atoms with E-state index in [0.29, 0.717) is 30.2 Å². The van der Waals surface area contributed by atoms with Crippen molar-refractivity contribution >= 4 is 5.97 Å². The van der Waals surface area contributed by atoms with Crippen molar-refractivity contribution in [3.8, 4) is 11.4 Å². The number of ether oxygens (including phenoxy) is 2. The first-order chi connectivity index (χ1) is 16.2. The summed E-state index contributed by atoms with van der Waals surface area (Å²) in [5, 5.41) is 0. The highest BCUT2D eigenvalue weighted by Gasteiger charge is 2.21. The fraction of sp³-hybridized carbons (Fsp3) is 0.148. The van der Waals surface area contributed by atoms with Gasteiger partial charge in [-0.1, -0.05) is 60.7 Å². The van der Waals surface area contributed by atoms with Crippen molar-refractivity contribution < 1.29 is 14.3 Å². The Bertz CT molecular complexity index is 1270. The summed E-state index contributed by atoms with van der Waals surface area (Å²) in [7, 11) is 0. The summed E-state index contributed by atoms with van der Waals surface area (Å²) in [5.41, 5.74) is 2.47. The van der Waals surface area contributed by atoms with Gasteiger partial charge in [-0.2, -0.15) is 0 Å². The Balaban J connectivity index is 1.61. The molecule has 0 fully saturated rings. The van der Waals surface area contributed by atoms with Crippen molar-refractivity contribution in [2.45, 2.75) is 20.0 Å². The molecule has 0 atom stereocenters. The summed E-state index contributed by atoms with van der Waals surface area (Å²) in [6, 6.07) is 26.5. The van der Waals surface area contributed by atoms with Crippen LogP contribution in [0.25, 0.3) is 5.69 Å². The van der Waals surface area contributed by atoms with Crippen LogP contribution in [-0.2, 0) is 17.8 Å². The molecule has 4 rings (SSSR count). The van der Waals surface area contributed by atoms with E-state index < -0.39 is 11.5 Å². The average Bonchev–Trinajstić information content (AvgIpc) is 2.85. The average molecular weight is 440 g/mol. The summed E-state index contributed by atoms with van der Waals surface area (Å²) < 4.78 is 12.3. The van der Waals surface area contributed by atoms with Gasteiger partial charge < -0.3 is 9.47 Å². The lowest BCUT2D eigenvalue weighted by Crippen LogP contribution is -2.29. The number of carbonyl (C=O) groups excluding carboxylic acids is 1. The summed E-state index contributed by atoms with van der Waals surface area (Å²) in [6.07, 6.45) is 1.81. The van der Waals surface area contributed by atoms with Crippen molar-refractivity contribution in [3.05, 3.63) is 124 Å². The molecule has 0 saturated heterocycles. The number of hydrogen-bond acceptors (Lipinski definition) is 5. The molecule has 0 aliphatic heterocycles. The summed E-state index contributed by atoms with van der Waals surface area (Å²) in [5.74, 6) is 0.00743. The minimum atomic E-state index is -0.668. The second kappa shape index (κ2) is 10.4. The van der Waals surface area contributed by atoms with Crippen LogP contribution >= 0.6 is 0 Å². The fourth-order valence-electron chi connectivity index (χ4n) is 3.45. The number of rotatable bonds is 8. The van der Waals surface area contributed by atoms with Gasteiger partial charge in [0.25, 0.3) is 5.56 Å². The molecule has 0 unspecified atom stereocenters. The van der Waals surface area contributed by atoms with Gasteiger partial charge in [-0.3, -0.25) is 9.36 Å². The van der Waals surface area contributed by atoms with E-state index in [4.69, 9.17) is 9.47 Å². The summed E-state index contributed by atoms with van der Waals surface area (Å²) in [4.78, 5) is 30.4. The van der Waals surface area contributed by atoms with Crippen molar-refractivity contribution in [3.63, 3.8) is 0 Å². The zero-order valence-electron chi connectivity index (χ0n) is 18.3. The van der Waals surface area contributed by atoms with Crippen molar-refractivity contribution in [1.82, 2.24) is 9.55 Å². The van der Waals surface area contributed by atoms with Crippen LogP contribution in [0.5, 0.6) is 5.75 Å². The second-order valence-electron chi connectivity index (χ2n) is 7.39. The maximum atomic E-state index is 13.3. The molecule has 33 heavy (non-hydrogen) atoms. The first-order valence-electron chi connectivity index (χ1n) is 10.7. The number of aromatic nitrogens is 2. The molecule has 1 aromatic heterocycles. The van der Waals surface area contributed by atoms with Crippen molar-refractivity contribution in [2.75, 3.05) is 6.61 Å². The zero-order valence-corrected chi connectivity index (χ0v) is 18.3. The minimum absolute atomic E-state index is 0.0485. The van der Waals surface area contributed by atoms with E-state index in [-0.39, 0.29) is 12.2 Å². The fourth-order valence-corrected chi connectivity index (χ4v) is 3.45. The second-order valence-corrected chi connectivity index (χ2v) is 7.39. The van der Waals surface area contributed by atoms with Gasteiger partial charge in [0.15, 0.2) is 0 Å². The van der Waals surface area contributed by atoms with E-state index in [9.17, 15) is 9.59 Å². The van der Waals surface area contributed by atoms with Crippen molar-refractivity contribution in [2.24, 2.45) is 0 Å². The maximum absolute atomic E-state index is 13.3. The third-order valence-electron chi connectivity index (χ3n) is 5.11. The van der Waals surface area contributed by atoms with E-state index in [0.717, 1.165) is 11.1 Å². The number of esters is 1. The van der Waals surface area contributed by atoms with E-state index in [1.807, 2.05) is 60.7 Å². The molecule has 1 heterocycles. The molecular formula is C27H24N2O4. The van der Waals surface area contributed by atoms with Crippen LogP contribution in [0.3, 0.4) is 0 Å². The molecule has 166 valence electrons. The molecule has 0 bridgehead atoms. The minimum Gasteiger partial charge on any atom is -0.489 e. The van der Waals surface area contributed by atoms with Gasteiger partial charge in [0.05, 0.1) is 18.0 Å². The Kier molecular flexibility index (Phi) is 6.95. The van der Waals surface area contributed by atoms with Crippen molar-refractivity contribution in [1.29, 1.82) is 0 Å². The lowest BCUT2D eigenvalue weighted by atomic mass is 10.1. The Labute approximate surface area is 192 Å². The Morgan fingerprint density at radius 3 is 2.15 bits per heavy atom. The molecule has 0 aliphatic carbocycles. The SMILES string of the molecule is CCOC(=O)c1c(Cc2ccccc2)ncn(-c2ccc(OCc3ccccc3)cc2)c1=O. The lowest BCUT2D eigenvalue weighted by molar-refractivity contribution is 0.0522.